The van der Waals surface area contributed by atoms with Crippen LogP contribution in [0.4, 0.5) is 5.69 Å². The first-order valence-electron chi connectivity index (χ1n) is 7.48. The lowest BCUT2D eigenvalue weighted by Crippen LogP contribution is -2.40. The number of morpholine rings is 1. The first kappa shape index (κ1) is 16.0. The summed E-state index contributed by atoms with van der Waals surface area (Å²) in [5.74, 6) is 0. The van der Waals surface area contributed by atoms with Gasteiger partial charge in [-0.05, 0) is 30.7 Å². The molecular formula is C15H20N4O3S. The van der Waals surface area contributed by atoms with Gasteiger partial charge >= 0.3 is 0 Å². The number of hydrogen-bond acceptors (Lipinski definition) is 5. The second-order valence-corrected chi connectivity index (χ2v) is 7.37. The normalized spacial score (nSPS) is 16.4. The Bertz CT molecular complexity index is 753. The van der Waals surface area contributed by atoms with Crippen LogP contribution in [0, 0.1) is 6.92 Å². The van der Waals surface area contributed by atoms with Crippen molar-refractivity contribution >= 4 is 15.7 Å². The minimum absolute atomic E-state index is 0.303. The third-order valence-electron chi connectivity index (χ3n) is 3.84. The zero-order valence-corrected chi connectivity index (χ0v) is 13.8. The molecule has 2 heterocycles. The van der Waals surface area contributed by atoms with E-state index in [1.807, 2.05) is 19.1 Å². The lowest BCUT2D eigenvalue weighted by atomic mass is 10.2. The molecule has 0 aliphatic carbocycles. The summed E-state index contributed by atoms with van der Waals surface area (Å²) in [6.07, 6.45) is 1.68. The van der Waals surface area contributed by atoms with Gasteiger partial charge < -0.3 is 10.1 Å². The number of benzene rings is 1. The van der Waals surface area contributed by atoms with Crippen LogP contribution in [0.25, 0.3) is 0 Å². The highest BCUT2D eigenvalue weighted by Crippen LogP contribution is 2.24. The van der Waals surface area contributed by atoms with E-state index in [-0.39, 0.29) is 0 Å². The summed E-state index contributed by atoms with van der Waals surface area (Å²) in [5.41, 5.74) is 2.73. The maximum Gasteiger partial charge on any atom is 0.243 e. The van der Waals surface area contributed by atoms with Gasteiger partial charge in [-0.3, -0.25) is 5.10 Å². The van der Waals surface area contributed by atoms with Gasteiger partial charge in [0.25, 0.3) is 0 Å². The van der Waals surface area contributed by atoms with Crippen LogP contribution in [0.5, 0.6) is 0 Å². The molecule has 1 aromatic heterocycles. The van der Waals surface area contributed by atoms with Gasteiger partial charge in [0.05, 0.1) is 30.3 Å². The van der Waals surface area contributed by atoms with E-state index in [2.05, 4.69) is 15.5 Å². The number of H-pyrrole nitrogens is 1. The largest absolute Gasteiger partial charge is 0.379 e. The number of ether oxygens (including phenoxy) is 1. The first-order chi connectivity index (χ1) is 11.1. The minimum atomic E-state index is -3.48. The smallest absolute Gasteiger partial charge is 0.243 e. The maximum absolute atomic E-state index is 12.7. The molecule has 1 fully saturated rings. The number of anilines is 1. The second-order valence-electron chi connectivity index (χ2n) is 5.43. The lowest BCUT2D eigenvalue weighted by molar-refractivity contribution is 0.0730. The van der Waals surface area contributed by atoms with Crippen molar-refractivity contribution in [3.63, 3.8) is 0 Å². The standard InChI is InChI=1S/C15H20N4O3S/c1-12-2-3-14(23(20,21)19-6-8-22-9-7-19)10-15(12)16-11-13-4-5-17-18-13/h2-5,10,16H,6-9,11H2,1H3,(H,17,18). The summed E-state index contributed by atoms with van der Waals surface area (Å²) in [5, 5.41) is 10.0. The zero-order valence-electron chi connectivity index (χ0n) is 12.9. The number of hydrogen-bond donors (Lipinski definition) is 2. The minimum Gasteiger partial charge on any atom is -0.379 e. The lowest BCUT2D eigenvalue weighted by Gasteiger charge is -2.26. The number of aromatic amines is 1. The van der Waals surface area contributed by atoms with E-state index in [4.69, 9.17) is 4.74 Å². The highest BCUT2D eigenvalue weighted by Gasteiger charge is 2.26. The van der Waals surface area contributed by atoms with Crippen LogP contribution >= 0.6 is 0 Å². The molecule has 8 heteroatoms. The summed E-state index contributed by atoms with van der Waals surface area (Å²) in [6, 6.07) is 7.04. The van der Waals surface area contributed by atoms with Crippen LogP contribution in [-0.4, -0.2) is 49.2 Å². The molecule has 1 aliphatic rings. The van der Waals surface area contributed by atoms with Crippen molar-refractivity contribution in [2.45, 2.75) is 18.4 Å². The fourth-order valence-electron chi connectivity index (χ4n) is 2.46. The van der Waals surface area contributed by atoms with Crippen molar-refractivity contribution in [1.29, 1.82) is 0 Å². The molecule has 0 unspecified atom stereocenters. The molecule has 1 saturated heterocycles. The quantitative estimate of drug-likeness (QED) is 0.861. The van der Waals surface area contributed by atoms with Crippen LogP contribution < -0.4 is 5.32 Å². The predicted molar refractivity (Wildman–Crippen MR) is 86.7 cm³/mol. The number of nitrogens with one attached hydrogen (secondary N) is 2. The van der Waals surface area contributed by atoms with Crippen molar-refractivity contribution in [2.24, 2.45) is 0 Å². The number of aromatic nitrogens is 2. The van der Waals surface area contributed by atoms with Gasteiger partial charge in [-0.15, -0.1) is 0 Å². The molecule has 2 N–H and O–H groups in total. The molecule has 23 heavy (non-hydrogen) atoms. The van der Waals surface area contributed by atoms with E-state index < -0.39 is 10.0 Å². The third-order valence-corrected chi connectivity index (χ3v) is 5.74. The van der Waals surface area contributed by atoms with Crippen molar-refractivity contribution < 1.29 is 13.2 Å². The number of aryl methyl sites for hydroxylation is 1. The zero-order chi connectivity index (χ0) is 16.3. The third kappa shape index (κ3) is 3.54. The van der Waals surface area contributed by atoms with Crippen molar-refractivity contribution in [2.75, 3.05) is 31.6 Å². The van der Waals surface area contributed by atoms with Gasteiger partial charge in [0.15, 0.2) is 0 Å². The summed E-state index contributed by atoms with van der Waals surface area (Å²) in [4.78, 5) is 0.303. The number of rotatable bonds is 5. The Morgan fingerprint density at radius 2 is 2.09 bits per heavy atom. The van der Waals surface area contributed by atoms with E-state index in [9.17, 15) is 8.42 Å². The van der Waals surface area contributed by atoms with E-state index in [1.54, 1.807) is 18.3 Å². The van der Waals surface area contributed by atoms with Crippen LogP contribution in [0.1, 0.15) is 11.3 Å². The molecule has 0 amide bonds. The van der Waals surface area contributed by atoms with E-state index in [0.717, 1.165) is 16.9 Å². The molecule has 7 nitrogen and oxygen atoms in total. The first-order valence-corrected chi connectivity index (χ1v) is 8.92. The van der Waals surface area contributed by atoms with Gasteiger partial charge in [0.2, 0.25) is 10.0 Å². The van der Waals surface area contributed by atoms with Gasteiger partial charge in [0, 0.05) is 25.0 Å². The molecule has 2 aromatic rings. The van der Waals surface area contributed by atoms with Crippen LogP contribution in [0.2, 0.25) is 0 Å². The molecule has 1 aliphatic heterocycles. The van der Waals surface area contributed by atoms with E-state index in [0.29, 0.717) is 37.7 Å². The average molecular weight is 336 g/mol. The fraction of sp³-hybridized carbons (Fsp3) is 0.400. The molecule has 0 radical (unpaired) electrons. The van der Waals surface area contributed by atoms with Gasteiger partial charge in [-0.25, -0.2) is 8.42 Å². The number of nitrogens with zero attached hydrogens (tertiary/aromatic N) is 2. The summed E-state index contributed by atoms with van der Waals surface area (Å²) in [7, 11) is -3.48. The maximum atomic E-state index is 12.7. The monoisotopic (exact) mass is 336 g/mol. The SMILES string of the molecule is Cc1ccc(S(=O)(=O)N2CCOCC2)cc1NCc1ccn[nH]1. The average Bonchev–Trinajstić information content (AvgIpc) is 3.08. The Hall–Kier alpha value is -1.90. The Morgan fingerprint density at radius 3 is 2.78 bits per heavy atom. The van der Waals surface area contributed by atoms with E-state index >= 15 is 0 Å². The molecule has 3 rings (SSSR count). The molecule has 0 spiro atoms. The molecule has 0 bridgehead atoms. The van der Waals surface area contributed by atoms with Crippen LogP contribution in [0.3, 0.4) is 0 Å². The van der Waals surface area contributed by atoms with Crippen LogP contribution in [-0.2, 0) is 21.3 Å². The Labute approximate surface area is 135 Å². The predicted octanol–water partition coefficient (Wildman–Crippen LogP) is 1.35. The second kappa shape index (κ2) is 6.69. The highest BCUT2D eigenvalue weighted by molar-refractivity contribution is 7.89. The highest BCUT2D eigenvalue weighted by atomic mass is 32.2. The van der Waals surface area contributed by atoms with Gasteiger partial charge in [0.1, 0.15) is 0 Å². The number of sulfonamides is 1. The van der Waals surface area contributed by atoms with Crippen molar-refractivity contribution in [3.05, 3.63) is 41.7 Å². The molecule has 1 aromatic carbocycles. The summed E-state index contributed by atoms with van der Waals surface area (Å²) < 4.78 is 32.1. The Kier molecular flexibility index (Phi) is 4.65. The topological polar surface area (TPSA) is 87.3 Å². The van der Waals surface area contributed by atoms with Crippen molar-refractivity contribution in [1.82, 2.24) is 14.5 Å². The van der Waals surface area contributed by atoms with E-state index in [1.165, 1.54) is 4.31 Å². The van der Waals surface area contributed by atoms with Gasteiger partial charge in [-0.2, -0.15) is 9.40 Å². The summed E-state index contributed by atoms with van der Waals surface area (Å²) in [6.45, 7) is 4.18. The Balaban J connectivity index is 1.81. The molecule has 0 atom stereocenters. The molecule has 0 saturated carbocycles. The Morgan fingerprint density at radius 1 is 1.30 bits per heavy atom. The fourth-order valence-corrected chi connectivity index (χ4v) is 3.90. The van der Waals surface area contributed by atoms with Crippen molar-refractivity contribution in [3.8, 4) is 0 Å². The summed E-state index contributed by atoms with van der Waals surface area (Å²) >= 11 is 0. The van der Waals surface area contributed by atoms with Gasteiger partial charge in [-0.1, -0.05) is 6.07 Å². The molecular weight excluding hydrogens is 316 g/mol. The van der Waals surface area contributed by atoms with Crippen LogP contribution in [0.15, 0.2) is 35.4 Å². The molecule has 124 valence electrons.